The SMILES string of the molecule is CCN(c1ccccc1F)c1nc(C)ccc1CN. The summed E-state index contributed by atoms with van der Waals surface area (Å²) in [6, 6.07) is 10.6. The Morgan fingerprint density at radius 1 is 1.21 bits per heavy atom. The van der Waals surface area contributed by atoms with Crippen molar-refractivity contribution in [2.75, 3.05) is 11.4 Å². The van der Waals surface area contributed by atoms with Gasteiger partial charge < -0.3 is 10.6 Å². The first-order valence-electron chi connectivity index (χ1n) is 6.36. The maximum atomic E-state index is 13.9. The Morgan fingerprint density at radius 2 is 1.95 bits per heavy atom. The first kappa shape index (κ1) is 13.5. The van der Waals surface area contributed by atoms with Crippen LogP contribution in [0.4, 0.5) is 15.9 Å². The van der Waals surface area contributed by atoms with Crippen LogP contribution in [-0.4, -0.2) is 11.5 Å². The average Bonchev–Trinajstić information content (AvgIpc) is 2.42. The molecule has 0 bridgehead atoms. The number of hydrogen-bond donors (Lipinski definition) is 1. The topological polar surface area (TPSA) is 42.2 Å². The van der Waals surface area contributed by atoms with Gasteiger partial charge in [0.05, 0.1) is 5.69 Å². The third-order valence-corrected chi connectivity index (χ3v) is 3.03. The second-order valence-corrected chi connectivity index (χ2v) is 4.34. The highest BCUT2D eigenvalue weighted by Crippen LogP contribution is 2.28. The van der Waals surface area contributed by atoms with E-state index in [-0.39, 0.29) is 5.82 Å². The fourth-order valence-corrected chi connectivity index (χ4v) is 2.07. The molecule has 0 aliphatic heterocycles. The number of halogens is 1. The molecule has 4 heteroatoms. The number of benzene rings is 1. The van der Waals surface area contributed by atoms with E-state index in [9.17, 15) is 4.39 Å². The van der Waals surface area contributed by atoms with E-state index < -0.39 is 0 Å². The summed E-state index contributed by atoms with van der Waals surface area (Å²) in [4.78, 5) is 6.36. The zero-order valence-corrected chi connectivity index (χ0v) is 11.2. The molecule has 2 N–H and O–H groups in total. The van der Waals surface area contributed by atoms with E-state index in [1.165, 1.54) is 6.07 Å². The van der Waals surface area contributed by atoms with Crippen molar-refractivity contribution in [2.45, 2.75) is 20.4 Å². The molecule has 0 atom stereocenters. The molecule has 0 saturated heterocycles. The van der Waals surface area contributed by atoms with E-state index in [4.69, 9.17) is 5.73 Å². The van der Waals surface area contributed by atoms with Crippen LogP contribution in [0.5, 0.6) is 0 Å². The van der Waals surface area contributed by atoms with Gasteiger partial charge in [-0.2, -0.15) is 0 Å². The number of aromatic nitrogens is 1. The predicted molar refractivity (Wildman–Crippen MR) is 75.9 cm³/mol. The molecule has 0 saturated carbocycles. The molecule has 0 unspecified atom stereocenters. The Bertz CT molecular complexity index is 569. The van der Waals surface area contributed by atoms with Gasteiger partial charge in [-0.15, -0.1) is 0 Å². The van der Waals surface area contributed by atoms with E-state index in [2.05, 4.69) is 4.98 Å². The highest BCUT2D eigenvalue weighted by Gasteiger charge is 2.16. The fourth-order valence-electron chi connectivity index (χ4n) is 2.07. The Labute approximate surface area is 112 Å². The standard InChI is InChI=1S/C15H18FN3/c1-3-19(14-7-5-4-6-13(14)16)15-12(10-17)9-8-11(2)18-15/h4-9H,3,10,17H2,1-2H3. The number of pyridine rings is 1. The summed E-state index contributed by atoms with van der Waals surface area (Å²) in [7, 11) is 0. The largest absolute Gasteiger partial charge is 0.326 e. The van der Waals surface area contributed by atoms with Gasteiger partial charge in [0.25, 0.3) is 0 Å². The van der Waals surface area contributed by atoms with Crippen LogP contribution < -0.4 is 10.6 Å². The predicted octanol–water partition coefficient (Wildman–Crippen LogP) is 3.15. The molecule has 1 aromatic carbocycles. The van der Waals surface area contributed by atoms with Crippen molar-refractivity contribution in [1.29, 1.82) is 0 Å². The molecule has 0 amide bonds. The number of rotatable bonds is 4. The van der Waals surface area contributed by atoms with Crippen molar-refractivity contribution in [3.63, 3.8) is 0 Å². The third-order valence-electron chi connectivity index (χ3n) is 3.03. The summed E-state index contributed by atoms with van der Waals surface area (Å²) in [6.07, 6.45) is 0. The first-order chi connectivity index (χ1) is 9.17. The number of nitrogens with two attached hydrogens (primary N) is 1. The van der Waals surface area contributed by atoms with Crippen LogP contribution in [0.3, 0.4) is 0 Å². The fraction of sp³-hybridized carbons (Fsp3) is 0.267. The minimum atomic E-state index is -0.254. The number of para-hydroxylation sites is 1. The molecule has 3 nitrogen and oxygen atoms in total. The maximum absolute atomic E-state index is 13.9. The number of nitrogens with zero attached hydrogens (tertiary/aromatic N) is 2. The molecule has 2 rings (SSSR count). The lowest BCUT2D eigenvalue weighted by molar-refractivity contribution is 0.625. The van der Waals surface area contributed by atoms with Gasteiger partial charge in [-0.25, -0.2) is 9.37 Å². The Kier molecular flexibility index (Phi) is 4.12. The van der Waals surface area contributed by atoms with E-state index >= 15 is 0 Å². The van der Waals surface area contributed by atoms with Crippen LogP contribution in [0, 0.1) is 12.7 Å². The van der Waals surface area contributed by atoms with Crippen LogP contribution >= 0.6 is 0 Å². The van der Waals surface area contributed by atoms with Crippen molar-refractivity contribution in [3.8, 4) is 0 Å². The molecule has 0 aliphatic carbocycles. The molecule has 1 aromatic heterocycles. The summed E-state index contributed by atoms with van der Waals surface area (Å²) in [5.74, 6) is 0.478. The molecule has 100 valence electrons. The van der Waals surface area contributed by atoms with Crippen molar-refractivity contribution in [1.82, 2.24) is 4.98 Å². The zero-order valence-electron chi connectivity index (χ0n) is 11.2. The maximum Gasteiger partial charge on any atom is 0.146 e. The van der Waals surface area contributed by atoms with Gasteiger partial charge in [0.15, 0.2) is 0 Å². The monoisotopic (exact) mass is 259 g/mol. The summed E-state index contributed by atoms with van der Waals surface area (Å²) in [5, 5.41) is 0. The smallest absolute Gasteiger partial charge is 0.146 e. The molecule has 0 fully saturated rings. The van der Waals surface area contributed by atoms with Crippen LogP contribution in [0.25, 0.3) is 0 Å². The Morgan fingerprint density at radius 3 is 2.58 bits per heavy atom. The van der Waals surface area contributed by atoms with Crippen LogP contribution in [0.1, 0.15) is 18.2 Å². The van der Waals surface area contributed by atoms with Gasteiger partial charge in [0, 0.05) is 24.3 Å². The molecular weight excluding hydrogens is 241 g/mol. The van der Waals surface area contributed by atoms with E-state index in [1.54, 1.807) is 12.1 Å². The van der Waals surface area contributed by atoms with Gasteiger partial charge >= 0.3 is 0 Å². The number of hydrogen-bond acceptors (Lipinski definition) is 3. The quantitative estimate of drug-likeness (QED) is 0.917. The zero-order chi connectivity index (χ0) is 13.8. The number of aryl methyl sites for hydroxylation is 1. The highest BCUT2D eigenvalue weighted by molar-refractivity contribution is 5.63. The van der Waals surface area contributed by atoms with Gasteiger partial charge in [-0.05, 0) is 32.0 Å². The van der Waals surface area contributed by atoms with Gasteiger partial charge in [-0.1, -0.05) is 18.2 Å². The van der Waals surface area contributed by atoms with E-state index in [0.717, 1.165) is 17.1 Å². The highest BCUT2D eigenvalue weighted by atomic mass is 19.1. The van der Waals surface area contributed by atoms with Crippen LogP contribution in [0.15, 0.2) is 36.4 Å². The van der Waals surface area contributed by atoms with E-state index in [1.807, 2.05) is 36.9 Å². The second kappa shape index (κ2) is 5.80. The van der Waals surface area contributed by atoms with Crippen LogP contribution in [-0.2, 0) is 6.54 Å². The van der Waals surface area contributed by atoms with Gasteiger partial charge in [-0.3, -0.25) is 0 Å². The number of anilines is 2. The van der Waals surface area contributed by atoms with Gasteiger partial charge in [0.1, 0.15) is 11.6 Å². The summed E-state index contributed by atoms with van der Waals surface area (Å²) in [6.45, 7) is 4.90. The molecule has 19 heavy (non-hydrogen) atoms. The molecule has 0 radical (unpaired) electrons. The molecule has 0 aliphatic rings. The molecule has 1 heterocycles. The molecule has 2 aromatic rings. The van der Waals surface area contributed by atoms with Crippen molar-refractivity contribution in [2.24, 2.45) is 5.73 Å². The van der Waals surface area contributed by atoms with Crippen LogP contribution in [0.2, 0.25) is 0 Å². The summed E-state index contributed by atoms with van der Waals surface area (Å²) >= 11 is 0. The summed E-state index contributed by atoms with van der Waals surface area (Å²) in [5.41, 5.74) is 8.08. The normalized spacial score (nSPS) is 10.5. The van der Waals surface area contributed by atoms with Crippen molar-refractivity contribution in [3.05, 3.63) is 53.5 Å². The Hall–Kier alpha value is -1.94. The lowest BCUT2D eigenvalue weighted by atomic mass is 10.2. The second-order valence-electron chi connectivity index (χ2n) is 4.34. The first-order valence-corrected chi connectivity index (χ1v) is 6.36. The van der Waals surface area contributed by atoms with Crippen molar-refractivity contribution < 1.29 is 4.39 Å². The van der Waals surface area contributed by atoms with E-state index in [0.29, 0.717) is 18.8 Å². The molecule has 0 spiro atoms. The Balaban J connectivity index is 2.54. The summed E-state index contributed by atoms with van der Waals surface area (Å²) < 4.78 is 13.9. The third kappa shape index (κ3) is 2.74. The van der Waals surface area contributed by atoms with Gasteiger partial charge in [0.2, 0.25) is 0 Å². The lowest BCUT2D eigenvalue weighted by Gasteiger charge is -2.25. The minimum absolute atomic E-state index is 0.254. The molecular formula is C15H18FN3. The minimum Gasteiger partial charge on any atom is -0.326 e. The van der Waals surface area contributed by atoms with Crippen molar-refractivity contribution >= 4 is 11.5 Å². The average molecular weight is 259 g/mol. The lowest BCUT2D eigenvalue weighted by Crippen LogP contribution is -2.21.